The Kier molecular flexibility index (Phi) is 4.04. The van der Waals surface area contributed by atoms with E-state index >= 15 is 0 Å². The van der Waals surface area contributed by atoms with Crippen LogP contribution in [0.25, 0.3) is 0 Å². The van der Waals surface area contributed by atoms with Gasteiger partial charge in [-0.1, -0.05) is 6.92 Å². The van der Waals surface area contributed by atoms with Gasteiger partial charge in [-0.3, -0.25) is 4.79 Å². The summed E-state index contributed by atoms with van der Waals surface area (Å²) < 4.78 is 2.02. The van der Waals surface area contributed by atoms with Crippen LogP contribution in [0.4, 0.5) is 0 Å². The largest absolute Gasteiger partial charge is 0.481 e. The van der Waals surface area contributed by atoms with E-state index in [0.29, 0.717) is 11.8 Å². The van der Waals surface area contributed by atoms with Crippen molar-refractivity contribution in [2.75, 3.05) is 0 Å². The molecule has 0 amide bonds. The molecule has 0 aliphatic heterocycles. The van der Waals surface area contributed by atoms with Crippen molar-refractivity contribution in [1.29, 1.82) is 0 Å². The number of aromatic nitrogens is 2. The summed E-state index contributed by atoms with van der Waals surface area (Å²) in [5.74, 6) is 1.25. The fraction of sp³-hybridized carbons (Fsp3) is 0.714. The molecule has 4 nitrogen and oxygen atoms in total. The molecule has 1 aliphatic carbocycles. The second-order valence-electron chi connectivity index (χ2n) is 5.62. The Balaban J connectivity index is 1.96. The number of carboxylic acid groups (broad SMARTS) is 1. The van der Waals surface area contributed by atoms with E-state index in [4.69, 9.17) is 0 Å². The van der Waals surface area contributed by atoms with Crippen LogP contribution in [0.2, 0.25) is 0 Å². The second kappa shape index (κ2) is 5.55. The minimum absolute atomic E-state index is 0.151. The quantitative estimate of drug-likeness (QED) is 0.893. The molecule has 1 aromatic rings. The van der Waals surface area contributed by atoms with Gasteiger partial charge in [-0.15, -0.1) is 0 Å². The van der Waals surface area contributed by atoms with E-state index in [1.807, 2.05) is 17.8 Å². The Morgan fingerprint density at radius 3 is 2.94 bits per heavy atom. The minimum atomic E-state index is -0.619. The molecular formula is C14H22N2O2. The Morgan fingerprint density at radius 1 is 1.56 bits per heavy atom. The zero-order valence-corrected chi connectivity index (χ0v) is 11.2. The predicted octanol–water partition coefficient (Wildman–Crippen LogP) is 2.49. The molecule has 3 atom stereocenters. The Bertz CT molecular complexity index is 414. The molecule has 18 heavy (non-hydrogen) atoms. The highest BCUT2D eigenvalue weighted by atomic mass is 16.4. The van der Waals surface area contributed by atoms with Crippen LogP contribution >= 0.6 is 0 Å². The van der Waals surface area contributed by atoms with Crippen LogP contribution in [0.15, 0.2) is 12.4 Å². The number of aliphatic carboxylic acids is 1. The number of imidazole rings is 1. The molecule has 1 saturated carbocycles. The van der Waals surface area contributed by atoms with E-state index < -0.39 is 5.97 Å². The smallest absolute Gasteiger partial charge is 0.306 e. The normalized spacial score (nSPS) is 28.2. The van der Waals surface area contributed by atoms with Gasteiger partial charge in [0.25, 0.3) is 0 Å². The van der Waals surface area contributed by atoms with Crippen molar-refractivity contribution in [3.63, 3.8) is 0 Å². The monoisotopic (exact) mass is 250 g/mol. The van der Waals surface area contributed by atoms with Gasteiger partial charge in [0.15, 0.2) is 0 Å². The average Bonchev–Trinajstić information content (AvgIpc) is 2.72. The van der Waals surface area contributed by atoms with Crippen LogP contribution in [-0.2, 0) is 18.3 Å². The summed E-state index contributed by atoms with van der Waals surface area (Å²) in [5.41, 5.74) is 0. The van der Waals surface area contributed by atoms with Crippen molar-refractivity contribution in [1.82, 2.24) is 9.55 Å². The molecule has 100 valence electrons. The molecular weight excluding hydrogens is 228 g/mol. The number of carboxylic acids is 1. The molecule has 1 aromatic heterocycles. The number of nitrogens with zero attached hydrogens (tertiary/aromatic N) is 2. The first-order valence-corrected chi connectivity index (χ1v) is 6.77. The lowest BCUT2D eigenvalue weighted by Gasteiger charge is -2.32. The fourth-order valence-corrected chi connectivity index (χ4v) is 3.09. The first kappa shape index (κ1) is 13.1. The van der Waals surface area contributed by atoms with Gasteiger partial charge < -0.3 is 9.67 Å². The average molecular weight is 250 g/mol. The molecule has 3 unspecified atom stereocenters. The molecule has 0 saturated heterocycles. The van der Waals surface area contributed by atoms with E-state index in [1.165, 1.54) is 0 Å². The first-order valence-electron chi connectivity index (χ1n) is 6.77. The van der Waals surface area contributed by atoms with Gasteiger partial charge in [0, 0.05) is 25.9 Å². The van der Waals surface area contributed by atoms with Crippen LogP contribution in [0.3, 0.4) is 0 Å². The Labute approximate surface area is 108 Å². The highest BCUT2D eigenvalue weighted by molar-refractivity contribution is 5.70. The molecule has 1 N–H and O–H groups in total. The molecule has 2 rings (SSSR count). The maximum Gasteiger partial charge on any atom is 0.306 e. The van der Waals surface area contributed by atoms with Crippen LogP contribution in [-0.4, -0.2) is 20.6 Å². The summed E-state index contributed by atoms with van der Waals surface area (Å²) in [5, 5.41) is 9.29. The summed E-state index contributed by atoms with van der Waals surface area (Å²) in [6, 6.07) is 0. The SMILES string of the molecule is CC1CCC(C(=O)O)C(CCc2nccn2C)C1. The van der Waals surface area contributed by atoms with E-state index in [-0.39, 0.29) is 5.92 Å². The van der Waals surface area contributed by atoms with E-state index in [0.717, 1.165) is 37.9 Å². The van der Waals surface area contributed by atoms with Gasteiger partial charge in [-0.25, -0.2) is 4.98 Å². The Hall–Kier alpha value is -1.32. The highest BCUT2D eigenvalue weighted by Crippen LogP contribution is 2.36. The first-order chi connectivity index (χ1) is 8.58. The van der Waals surface area contributed by atoms with Crippen LogP contribution in [0, 0.1) is 17.8 Å². The molecule has 0 spiro atoms. The van der Waals surface area contributed by atoms with Crippen molar-refractivity contribution < 1.29 is 9.90 Å². The van der Waals surface area contributed by atoms with E-state index in [9.17, 15) is 9.90 Å². The van der Waals surface area contributed by atoms with Crippen LogP contribution < -0.4 is 0 Å². The van der Waals surface area contributed by atoms with E-state index in [2.05, 4.69) is 11.9 Å². The van der Waals surface area contributed by atoms with Crippen LogP contribution in [0.5, 0.6) is 0 Å². The van der Waals surface area contributed by atoms with Crippen molar-refractivity contribution >= 4 is 5.97 Å². The molecule has 0 radical (unpaired) electrons. The molecule has 1 aliphatic rings. The molecule has 1 fully saturated rings. The Morgan fingerprint density at radius 2 is 2.33 bits per heavy atom. The zero-order chi connectivity index (χ0) is 13.1. The maximum absolute atomic E-state index is 11.3. The molecule has 0 aromatic carbocycles. The topological polar surface area (TPSA) is 55.1 Å². The van der Waals surface area contributed by atoms with Gasteiger partial charge in [-0.2, -0.15) is 0 Å². The summed E-state index contributed by atoms with van der Waals surface area (Å²) in [4.78, 5) is 15.6. The van der Waals surface area contributed by atoms with Crippen molar-refractivity contribution in [2.45, 2.75) is 39.0 Å². The molecule has 4 heteroatoms. The summed E-state index contributed by atoms with van der Waals surface area (Å²) >= 11 is 0. The van der Waals surface area contributed by atoms with Crippen LogP contribution in [0.1, 0.15) is 38.4 Å². The molecule has 1 heterocycles. The summed E-state index contributed by atoms with van der Waals surface area (Å²) in [7, 11) is 1.99. The third-order valence-corrected chi connectivity index (χ3v) is 4.22. The van der Waals surface area contributed by atoms with Gasteiger partial charge in [0.2, 0.25) is 0 Å². The lowest BCUT2D eigenvalue weighted by atomic mass is 9.73. The predicted molar refractivity (Wildman–Crippen MR) is 69.2 cm³/mol. The fourth-order valence-electron chi connectivity index (χ4n) is 3.09. The standard InChI is InChI=1S/C14H22N2O2/c1-10-3-5-12(14(17)18)11(9-10)4-6-13-15-7-8-16(13)2/h7-8,10-12H,3-6,9H2,1-2H3,(H,17,18). The third kappa shape index (κ3) is 2.92. The second-order valence-corrected chi connectivity index (χ2v) is 5.62. The minimum Gasteiger partial charge on any atom is -0.481 e. The van der Waals surface area contributed by atoms with Gasteiger partial charge in [0.05, 0.1) is 5.92 Å². The maximum atomic E-state index is 11.3. The molecule has 0 bridgehead atoms. The van der Waals surface area contributed by atoms with Crippen molar-refractivity contribution in [3.05, 3.63) is 18.2 Å². The van der Waals surface area contributed by atoms with Crippen molar-refractivity contribution in [3.8, 4) is 0 Å². The van der Waals surface area contributed by atoms with Gasteiger partial charge in [-0.05, 0) is 37.5 Å². The summed E-state index contributed by atoms with van der Waals surface area (Å²) in [6.45, 7) is 2.23. The number of aryl methyl sites for hydroxylation is 2. The summed E-state index contributed by atoms with van der Waals surface area (Å²) in [6.07, 6.45) is 8.48. The number of hydrogen-bond donors (Lipinski definition) is 1. The lowest BCUT2D eigenvalue weighted by Crippen LogP contribution is -2.30. The van der Waals surface area contributed by atoms with Crippen molar-refractivity contribution in [2.24, 2.45) is 24.8 Å². The number of carbonyl (C=O) groups is 1. The number of hydrogen-bond acceptors (Lipinski definition) is 2. The lowest BCUT2D eigenvalue weighted by molar-refractivity contribution is -0.145. The van der Waals surface area contributed by atoms with Gasteiger partial charge in [0.1, 0.15) is 5.82 Å². The third-order valence-electron chi connectivity index (χ3n) is 4.22. The van der Waals surface area contributed by atoms with Gasteiger partial charge >= 0.3 is 5.97 Å². The van der Waals surface area contributed by atoms with E-state index in [1.54, 1.807) is 6.20 Å². The highest BCUT2D eigenvalue weighted by Gasteiger charge is 2.33. The number of rotatable bonds is 4. The zero-order valence-electron chi connectivity index (χ0n) is 11.2.